The van der Waals surface area contributed by atoms with E-state index in [1.165, 1.54) is 44.9 Å². The van der Waals surface area contributed by atoms with Crippen molar-refractivity contribution in [3.63, 3.8) is 0 Å². The highest BCUT2D eigenvalue weighted by Gasteiger charge is 2.25. The topological polar surface area (TPSA) is 108 Å². The van der Waals surface area contributed by atoms with Gasteiger partial charge in [-0.05, 0) is 89.9 Å². The average molecular weight is 947 g/mol. The van der Waals surface area contributed by atoms with Crippen molar-refractivity contribution in [2.45, 2.75) is 187 Å². The van der Waals surface area contributed by atoms with E-state index >= 15 is 0 Å². The quantitative estimate of drug-likeness (QED) is 0.0211. The normalized spacial score (nSPS) is 13.8. The van der Waals surface area contributed by atoms with Crippen LogP contribution in [0.1, 0.15) is 174 Å². The number of nitrogens with zero attached hydrogens (tertiary/aromatic N) is 1. The van der Waals surface area contributed by atoms with E-state index in [0.29, 0.717) is 17.4 Å². The molecule has 9 nitrogen and oxygen atoms in total. The predicted molar refractivity (Wildman–Crippen MR) is 285 cm³/mol. The monoisotopic (exact) mass is 947 g/mol. The maximum atomic E-state index is 12.8. The van der Waals surface area contributed by atoms with Crippen LogP contribution in [0.15, 0.2) is 122 Å². The first-order chi connectivity index (χ1) is 33.1. The minimum absolute atomic E-state index is 0.173. The second kappa shape index (κ2) is 49.1. The molecule has 384 valence electrons. The van der Waals surface area contributed by atoms with Gasteiger partial charge >= 0.3 is 17.9 Å². The molecule has 2 atom stereocenters. The van der Waals surface area contributed by atoms with Crippen molar-refractivity contribution >= 4 is 17.9 Å². The molecule has 0 fully saturated rings. The van der Waals surface area contributed by atoms with Crippen molar-refractivity contribution in [1.82, 2.24) is 0 Å². The fourth-order valence-corrected chi connectivity index (χ4v) is 6.45. The van der Waals surface area contributed by atoms with E-state index in [9.17, 15) is 19.5 Å². The van der Waals surface area contributed by atoms with Crippen molar-refractivity contribution in [3.05, 3.63) is 122 Å². The van der Waals surface area contributed by atoms with Gasteiger partial charge in [0.05, 0.1) is 34.4 Å². The molecule has 0 rings (SSSR count). The molecule has 0 spiro atoms. The molecule has 1 N–H and O–H groups in total. The molecule has 0 aliphatic carbocycles. The summed E-state index contributed by atoms with van der Waals surface area (Å²) in [7, 11) is 5.93. The third-order valence-corrected chi connectivity index (χ3v) is 10.5. The van der Waals surface area contributed by atoms with Crippen LogP contribution in [0.4, 0.5) is 0 Å². The maximum absolute atomic E-state index is 12.8. The first-order valence-corrected chi connectivity index (χ1v) is 26.2. The van der Waals surface area contributed by atoms with Gasteiger partial charge < -0.3 is 28.5 Å². The Balaban J connectivity index is 4.34. The van der Waals surface area contributed by atoms with Gasteiger partial charge in [0.1, 0.15) is 13.2 Å². The number of carboxylic acid groups (broad SMARTS) is 1. The molecular weight excluding hydrogens is 851 g/mol. The summed E-state index contributed by atoms with van der Waals surface area (Å²) in [6.45, 7) is 4.66. The van der Waals surface area contributed by atoms with Crippen molar-refractivity contribution < 1.29 is 42.9 Å². The third kappa shape index (κ3) is 49.6. The molecule has 0 aromatic heterocycles. The summed E-state index contributed by atoms with van der Waals surface area (Å²) in [6.07, 6.45) is 65.7. The Hall–Kier alpha value is -4.31. The second-order valence-corrected chi connectivity index (χ2v) is 18.1. The number of ether oxygens (including phenoxy) is 4. The van der Waals surface area contributed by atoms with Crippen LogP contribution >= 0.6 is 0 Å². The number of quaternary nitrogens is 1. The lowest BCUT2D eigenvalue weighted by molar-refractivity contribution is -0.870. The largest absolute Gasteiger partial charge is 0.477 e. The fourth-order valence-electron chi connectivity index (χ4n) is 6.45. The summed E-state index contributed by atoms with van der Waals surface area (Å²) < 4.78 is 22.7. The van der Waals surface area contributed by atoms with Gasteiger partial charge in [-0.3, -0.25) is 9.59 Å². The van der Waals surface area contributed by atoms with Crippen LogP contribution in [-0.4, -0.2) is 87.4 Å². The zero-order valence-corrected chi connectivity index (χ0v) is 43.5. The Morgan fingerprint density at radius 3 is 1.25 bits per heavy atom. The summed E-state index contributed by atoms with van der Waals surface area (Å²) in [4.78, 5) is 37.1. The molecule has 0 amide bonds. The van der Waals surface area contributed by atoms with Crippen molar-refractivity contribution in [2.24, 2.45) is 0 Å². The Kier molecular flexibility index (Phi) is 46.0. The maximum Gasteiger partial charge on any atom is 0.361 e. The molecule has 68 heavy (non-hydrogen) atoms. The first kappa shape index (κ1) is 63.7. The van der Waals surface area contributed by atoms with E-state index in [4.69, 9.17) is 18.9 Å². The number of rotatable bonds is 46. The van der Waals surface area contributed by atoms with Gasteiger partial charge in [-0.2, -0.15) is 0 Å². The number of carbonyl (C=O) groups is 3. The van der Waals surface area contributed by atoms with E-state index in [2.05, 4.69) is 135 Å². The van der Waals surface area contributed by atoms with Gasteiger partial charge in [0.15, 0.2) is 6.10 Å². The Labute approximate surface area is 415 Å². The zero-order chi connectivity index (χ0) is 49.9. The van der Waals surface area contributed by atoms with Gasteiger partial charge in [0.2, 0.25) is 0 Å². The molecule has 0 radical (unpaired) electrons. The number of aliphatic carboxylic acids is 1. The molecule has 0 aliphatic heterocycles. The predicted octanol–water partition coefficient (Wildman–Crippen LogP) is 14.9. The second-order valence-electron chi connectivity index (χ2n) is 18.1. The summed E-state index contributed by atoms with van der Waals surface area (Å²) >= 11 is 0. The van der Waals surface area contributed by atoms with Gasteiger partial charge in [0.25, 0.3) is 6.29 Å². The van der Waals surface area contributed by atoms with Crippen LogP contribution in [0.25, 0.3) is 0 Å². The fraction of sp³-hybridized carbons (Fsp3) is 0.610. The summed E-state index contributed by atoms with van der Waals surface area (Å²) in [5, 5.41) is 9.65. The lowest BCUT2D eigenvalue weighted by atomic mass is 10.1. The first-order valence-electron chi connectivity index (χ1n) is 26.2. The number of hydrogen-bond acceptors (Lipinski definition) is 7. The molecule has 2 unspecified atom stereocenters. The number of carboxylic acids is 1. The number of unbranched alkanes of at least 4 members (excludes halogenated alkanes) is 11. The molecule has 0 bridgehead atoms. The van der Waals surface area contributed by atoms with Crippen LogP contribution in [0.3, 0.4) is 0 Å². The van der Waals surface area contributed by atoms with Crippen LogP contribution in [0.2, 0.25) is 0 Å². The number of hydrogen-bond donors (Lipinski definition) is 1. The number of esters is 2. The van der Waals surface area contributed by atoms with Crippen LogP contribution in [-0.2, 0) is 33.3 Å². The molecule has 0 aromatic rings. The van der Waals surface area contributed by atoms with E-state index in [0.717, 1.165) is 96.3 Å². The van der Waals surface area contributed by atoms with Crippen molar-refractivity contribution in [3.8, 4) is 0 Å². The molecule has 0 saturated heterocycles. The smallest absolute Gasteiger partial charge is 0.361 e. The van der Waals surface area contributed by atoms with E-state index in [1.807, 2.05) is 21.1 Å². The molecule has 0 saturated carbocycles. The van der Waals surface area contributed by atoms with E-state index in [-0.39, 0.29) is 38.6 Å². The summed E-state index contributed by atoms with van der Waals surface area (Å²) in [5.41, 5.74) is 0. The minimum Gasteiger partial charge on any atom is -0.477 e. The van der Waals surface area contributed by atoms with Crippen molar-refractivity contribution in [2.75, 3.05) is 47.5 Å². The molecular formula is C59H96NO8+. The minimum atomic E-state index is -1.53. The Morgan fingerprint density at radius 2 is 0.838 bits per heavy atom. The van der Waals surface area contributed by atoms with E-state index in [1.54, 1.807) is 0 Å². The van der Waals surface area contributed by atoms with Gasteiger partial charge in [-0.15, -0.1) is 0 Å². The van der Waals surface area contributed by atoms with Gasteiger partial charge in [-0.1, -0.05) is 193 Å². The highest BCUT2D eigenvalue weighted by molar-refractivity contribution is 5.71. The van der Waals surface area contributed by atoms with Crippen LogP contribution in [0.5, 0.6) is 0 Å². The van der Waals surface area contributed by atoms with Gasteiger partial charge in [0, 0.05) is 12.8 Å². The lowest BCUT2D eigenvalue weighted by Crippen LogP contribution is -2.40. The summed E-state index contributed by atoms with van der Waals surface area (Å²) in [6, 6.07) is 0. The molecule has 0 aromatic carbocycles. The SMILES string of the molecule is CC/C=C\C/C=C\C/C=C\C/C=C\C/C=C\C/C=C\C/C=C\C/C=C\C/C=C\C/C=C\CCCCC(=O)OC(COC(=O)CCCCCCCCCCCC)COC(OCC[N+](C)(C)C)C(=O)O. The number of carbonyl (C=O) groups excluding carboxylic acids is 2. The molecule has 0 heterocycles. The molecule has 9 heteroatoms. The number of allylic oxidation sites excluding steroid dienone is 20. The Bertz CT molecular complexity index is 1520. The number of likely N-dealkylation sites (N-methyl/N-ethyl adjacent to an activating group) is 1. The van der Waals surface area contributed by atoms with Crippen LogP contribution in [0, 0.1) is 0 Å². The zero-order valence-electron chi connectivity index (χ0n) is 43.5. The Morgan fingerprint density at radius 1 is 0.456 bits per heavy atom. The highest BCUT2D eigenvalue weighted by Crippen LogP contribution is 2.13. The third-order valence-electron chi connectivity index (χ3n) is 10.5. The van der Waals surface area contributed by atoms with Gasteiger partial charge in [-0.25, -0.2) is 4.79 Å². The lowest BCUT2D eigenvalue weighted by Gasteiger charge is -2.25. The summed E-state index contributed by atoms with van der Waals surface area (Å²) in [5.74, 6) is -2.08. The standard InChI is InChI=1S/C59H95NO8/c1-6-8-10-12-14-16-18-19-20-21-22-23-24-25-26-27-28-29-30-31-32-33-34-35-36-37-38-39-40-42-44-46-48-50-57(62)68-55(54-67-59(58(63)64)65-52-51-60(3,4)5)53-66-56(61)49-47-45-43-41-17-15-13-11-9-7-2/h8,10,14,16,19-20,22-23,25-26,28-29,31-32,34-35,37-38,40,42,55,59H,6-7,9,11-13,15,17-18,21,24,27,30,33,36,39,41,43-54H2,1-5H3/p+1/b10-8-,16-14-,20-19-,23-22-,26-25-,29-28-,32-31-,35-34-,38-37-,42-40-. The highest BCUT2D eigenvalue weighted by atomic mass is 16.7. The van der Waals surface area contributed by atoms with Crippen molar-refractivity contribution in [1.29, 1.82) is 0 Å². The molecule has 0 aliphatic rings. The van der Waals surface area contributed by atoms with Crippen LogP contribution < -0.4 is 0 Å². The average Bonchev–Trinajstić information content (AvgIpc) is 3.30. The van der Waals surface area contributed by atoms with E-state index < -0.39 is 24.3 Å².